The number of aryl methyl sites for hydroxylation is 1. The van der Waals surface area contributed by atoms with Crippen molar-refractivity contribution in [2.75, 3.05) is 0 Å². The molecule has 6 heteroatoms. The maximum Gasteiger partial charge on any atom is 0.275 e. The molecule has 0 bridgehead atoms. The lowest BCUT2D eigenvalue weighted by Gasteiger charge is -2.06. The Morgan fingerprint density at radius 1 is 1.32 bits per heavy atom. The van der Waals surface area contributed by atoms with Gasteiger partial charge in [-0.15, -0.1) is 0 Å². The van der Waals surface area contributed by atoms with Crippen LogP contribution in [0.5, 0.6) is 0 Å². The van der Waals surface area contributed by atoms with Gasteiger partial charge in [-0.05, 0) is 40.9 Å². The van der Waals surface area contributed by atoms with Crippen molar-refractivity contribution < 1.29 is 4.92 Å². The van der Waals surface area contributed by atoms with Crippen LogP contribution in [0.3, 0.4) is 0 Å². The average molecular weight is 297 g/mol. The molecule has 0 amide bonds. The second kappa shape index (κ2) is 6.14. The molecule has 0 unspecified atom stereocenters. The summed E-state index contributed by atoms with van der Waals surface area (Å²) in [7, 11) is 0. The second-order valence-corrected chi connectivity index (χ2v) is 5.39. The molecule has 100 valence electrons. The van der Waals surface area contributed by atoms with E-state index in [0.29, 0.717) is 23.7 Å². The van der Waals surface area contributed by atoms with Crippen LogP contribution in [0.1, 0.15) is 16.7 Å². The molecule has 0 aliphatic carbocycles. The summed E-state index contributed by atoms with van der Waals surface area (Å²) in [6, 6.07) is 4.74. The summed E-state index contributed by atoms with van der Waals surface area (Å²) >= 11 is 7.43. The number of hydrogen-bond acceptors (Lipinski definition) is 4. The van der Waals surface area contributed by atoms with E-state index in [0.717, 1.165) is 0 Å². The Hall–Kier alpha value is -1.43. The molecule has 19 heavy (non-hydrogen) atoms. The molecular formula is C13H13ClN2O2S. The van der Waals surface area contributed by atoms with Crippen molar-refractivity contribution in [2.45, 2.75) is 20.0 Å². The fraction of sp³-hybridized carbons (Fsp3) is 0.231. The van der Waals surface area contributed by atoms with Crippen molar-refractivity contribution in [3.63, 3.8) is 0 Å². The van der Waals surface area contributed by atoms with Gasteiger partial charge in [0.15, 0.2) is 0 Å². The Labute approximate surface area is 120 Å². The Balaban J connectivity index is 2.03. The monoisotopic (exact) mass is 296 g/mol. The molecule has 0 spiro atoms. The quantitative estimate of drug-likeness (QED) is 0.672. The van der Waals surface area contributed by atoms with Crippen molar-refractivity contribution >= 4 is 28.6 Å². The molecule has 2 aromatic rings. The Morgan fingerprint density at radius 3 is 2.68 bits per heavy atom. The summed E-state index contributed by atoms with van der Waals surface area (Å²) in [5.41, 5.74) is 3.16. The lowest BCUT2D eigenvalue weighted by Crippen LogP contribution is -2.14. The topological polar surface area (TPSA) is 55.2 Å². The first kappa shape index (κ1) is 14.0. The highest BCUT2D eigenvalue weighted by Gasteiger charge is 2.13. The first-order chi connectivity index (χ1) is 9.08. The van der Waals surface area contributed by atoms with Crippen molar-refractivity contribution in [1.29, 1.82) is 0 Å². The molecule has 0 saturated heterocycles. The van der Waals surface area contributed by atoms with Crippen molar-refractivity contribution in [3.05, 3.63) is 60.8 Å². The lowest BCUT2D eigenvalue weighted by molar-refractivity contribution is -0.385. The van der Waals surface area contributed by atoms with Crippen molar-refractivity contribution in [1.82, 2.24) is 5.32 Å². The zero-order valence-corrected chi connectivity index (χ0v) is 11.9. The van der Waals surface area contributed by atoms with Crippen molar-refractivity contribution in [3.8, 4) is 0 Å². The van der Waals surface area contributed by atoms with Crippen LogP contribution in [-0.4, -0.2) is 4.92 Å². The molecule has 1 heterocycles. The predicted octanol–water partition coefficient (Wildman–Crippen LogP) is 3.91. The van der Waals surface area contributed by atoms with Gasteiger partial charge in [0, 0.05) is 29.7 Å². The molecule has 0 aliphatic heterocycles. The zero-order valence-electron chi connectivity index (χ0n) is 10.4. The molecular weight excluding hydrogens is 284 g/mol. The number of nitro groups is 1. The van der Waals surface area contributed by atoms with E-state index in [1.54, 1.807) is 23.5 Å². The minimum absolute atomic E-state index is 0.0574. The number of thiophene rings is 1. The first-order valence-corrected chi connectivity index (χ1v) is 7.05. The molecule has 4 nitrogen and oxygen atoms in total. The number of halogens is 1. The van der Waals surface area contributed by atoms with Crippen LogP contribution >= 0.6 is 22.9 Å². The highest BCUT2D eigenvalue weighted by Crippen LogP contribution is 2.23. The molecule has 0 fully saturated rings. The number of rotatable bonds is 5. The second-order valence-electron chi connectivity index (χ2n) is 4.21. The normalized spacial score (nSPS) is 10.6. The van der Waals surface area contributed by atoms with Gasteiger partial charge in [-0.25, -0.2) is 0 Å². The van der Waals surface area contributed by atoms with E-state index < -0.39 is 4.92 Å². The first-order valence-electron chi connectivity index (χ1n) is 5.73. The number of nitrogens with one attached hydrogen (secondary N) is 1. The minimum Gasteiger partial charge on any atom is -0.308 e. The van der Waals surface area contributed by atoms with Crippen LogP contribution in [0.2, 0.25) is 5.02 Å². The van der Waals surface area contributed by atoms with Crippen LogP contribution in [-0.2, 0) is 13.1 Å². The Bertz CT molecular complexity index is 598. The van der Waals surface area contributed by atoms with Gasteiger partial charge in [0.2, 0.25) is 0 Å². The number of hydrogen-bond donors (Lipinski definition) is 1. The maximum absolute atomic E-state index is 10.9. The highest BCUT2D eigenvalue weighted by atomic mass is 35.5. The van der Waals surface area contributed by atoms with Gasteiger partial charge >= 0.3 is 0 Å². The summed E-state index contributed by atoms with van der Waals surface area (Å²) in [5, 5.41) is 18.7. The zero-order chi connectivity index (χ0) is 13.8. The number of nitro benzene ring substituents is 1. The molecule has 2 rings (SSSR count). The van der Waals surface area contributed by atoms with Gasteiger partial charge in [-0.1, -0.05) is 11.6 Å². The minimum atomic E-state index is -0.404. The van der Waals surface area contributed by atoms with E-state index in [9.17, 15) is 10.1 Å². The molecule has 0 radical (unpaired) electrons. The van der Waals surface area contributed by atoms with E-state index in [-0.39, 0.29) is 5.69 Å². The maximum atomic E-state index is 10.9. The van der Waals surface area contributed by atoms with Crippen LogP contribution in [0.15, 0.2) is 29.0 Å². The van der Waals surface area contributed by atoms with Crippen LogP contribution < -0.4 is 5.32 Å². The molecule has 0 aliphatic rings. The number of nitrogens with zero attached hydrogens (tertiary/aromatic N) is 1. The third kappa shape index (κ3) is 3.53. The number of benzene rings is 1. The molecule has 1 N–H and O–H groups in total. The van der Waals surface area contributed by atoms with Gasteiger partial charge in [-0.2, -0.15) is 11.3 Å². The van der Waals surface area contributed by atoms with Crippen LogP contribution in [0.4, 0.5) is 5.69 Å². The molecule has 1 aromatic heterocycles. The standard InChI is InChI=1S/C13H13ClN2O2S/c1-9-7-19-8-11(9)6-15-5-10-2-3-12(14)4-13(10)16(17)18/h2-4,7-8,15H,5-6H2,1H3. The summed E-state index contributed by atoms with van der Waals surface area (Å²) in [6.45, 7) is 3.20. The fourth-order valence-electron chi connectivity index (χ4n) is 1.76. The van der Waals surface area contributed by atoms with Gasteiger partial charge in [0.1, 0.15) is 0 Å². The third-order valence-corrected chi connectivity index (χ3v) is 3.98. The van der Waals surface area contributed by atoms with E-state index in [4.69, 9.17) is 11.6 Å². The van der Waals surface area contributed by atoms with Crippen LogP contribution in [0, 0.1) is 17.0 Å². The van der Waals surface area contributed by atoms with E-state index in [1.807, 2.05) is 0 Å². The summed E-state index contributed by atoms with van der Waals surface area (Å²) in [6.07, 6.45) is 0. The lowest BCUT2D eigenvalue weighted by atomic mass is 10.1. The van der Waals surface area contributed by atoms with E-state index >= 15 is 0 Å². The summed E-state index contributed by atoms with van der Waals surface area (Å²) < 4.78 is 0. The average Bonchev–Trinajstić information content (AvgIpc) is 2.77. The predicted molar refractivity (Wildman–Crippen MR) is 77.7 cm³/mol. The molecule has 0 atom stereocenters. The molecule has 1 aromatic carbocycles. The largest absolute Gasteiger partial charge is 0.308 e. The summed E-state index contributed by atoms with van der Waals surface area (Å²) in [4.78, 5) is 10.5. The fourth-order valence-corrected chi connectivity index (χ4v) is 2.78. The Morgan fingerprint density at radius 2 is 2.05 bits per heavy atom. The SMILES string of the molecule is Cc1cscc1CNCc1ccc(Cl)cc1[N+](=O)[O-]. The van der Waals surface area contributed by atoms with Gasteiger partial charge in [0.25, 0.3) is 5.69 Å². The Kier molecular flexibility index (Phi) is 4.52. The van der Waals surface area contributed by atoms with Gasteiger partial charge in [-0.3, -0.25) is 10.1 Å². The van der Waals surface area contributed by atoms with Crippen LogP contribution in [0.25, 0.3) is 0 Å². The van der Waals surface area contributed by atoms with Gasteiger partial charge in [0.05, 0.1) is 4.92 Å². The van der Waals surface area contributed by atoms with E-state index in [2.05, 4.69) is 23.0 Å². The van der Waals surface area contributed by atoms with Gasteiger partial charge < -0.3 is 5.32 Å². The highest BCUT2D eigenvalue weighted by molar-refractivity contribution is 7.08. The van der Waals surface area contributed by atoms with Crippen molar-refractivity contribution in [2.24, 2.45) is 0 Å². The smallest absolute Gasteiger partial charge is 0.275 e. The summed E-state index contributed by atoms with van der Waals surface area (Å²) in [5.74, 6) is 0. The molecule has 0 saturated carbocycles. The third-order valence-electron chi connectivity index (χ3n) is 2.84. The van der Waals surface area contributed by atoms with E-state index in [1.165, 1.54) is 17.2 Å².